The van der Waals surface area contributed by atoms with E-state index in [9.17, 15) is 4.79 Å². The quantitative estimate of drug-likeness (QED) is 0.729. The molecule has 0 aliphatic carbocycles. The molecule has 4 rings (SSSR count). The van der Waals surface area contributed by atoms with E-state index in [2.05, 4.69) is 18.0 Å². The van der Waals surface area contributed by atoms with Crippen LogP contribution in [-0.2, 0) is 13.0 Å². The third kappa shape index (κ3) is 2.09. The number of aromatic nitrogens is 3. The van der Waals surface area contributed by atoms with E-state index in [0.717, 1.165) is 40.0 Å². The van der Waals surface area contributed by atoms with Gasteiger partial charge < -0.3 is 0 Å². The minimum atomic E-state index is 0.0885. The Kier molecular flexibility index (Phi) is 3.15. The van der Waals surface area contributed by atoms with Gasteiger partial charge in [0.05, 0.1) is 5.39 Å². The number of aryl methyl sites for hydroxylation is 1. The second-order valence-electron chi connectivity index (χ2n) is 5.38. The van der Waals surface area contributed by atoms with Gasteiger partial charge in [-0.15, -0.1) is 11.3 Å². The van der Waals surface area contributed by atoms with Gasteiger partial charge in [0.2, 0.25) is 0 Å². The molecule has 0 N–H and O–H groups in total. The minimum Gasteiger partial charge on any atom is -0.292 e. The predicted octanol–water partition coefficient (Wildman–Crippen LogP) is 3.36. The summed E-state index contributed by atoms with van der Waals surface area (Å²) in [5, 5.41) is 0.758. The lowest BCUT2D eigenvalue weighted by molar-refractivity contribution is 0.726. The molecule has 0 radical (unpaired) electrons. The monoisotopic (exact) mass is 309 g/mol. The molecule has 5 heteroatoms. The van der Waals surface area contributed by atoms with Crippen molar-refractivity contribution in [2.24, 2.45) is 0 Å². The van der Waals surface area contributed by atoms with Gasteiger partial charge in [-0.25, -0.2) is 4.98 Å². The number of allylic oxidation sites excluding steroid dienone is 1. The van der Waals surface area contributed by atoms with Crippen LogP contribution in [-0.4, -0.2) is 14.5 Å². The van der Waals surface area contributed by atoms with Crippen LogP contribution in [0.1, 0.15) is 29.6 Å². The van der Waals surface area contributed by atoms with Gasteiger partial charge in [0.15, 0.2) is 0 Å². The van der Waals surface area contributed by atoms with Gasteiger partial charge >= 0.3 is 0 Å². The van der Waals surface area contributed by atoms with Crippen molar-refractivity contribution < 1.29 is 0 Å². The van der Waals surface area contributed by atoms with Gasteiger partial charge in [-0.3, -0.25) is 14.3 Å². The van der Waals surface area contributed by atoms with Gasteiger partial charge in [-0.05, 0) is 42.2 Å². The van der Waals surface area contributed by atoms with E-state index < -0.39 is 0 Å². The van der Waals surface area contributed by atoms with Gasteiger partial charge in [0.1, 0.15) is 10.7 Å². The minimum absolute atomic E-state index is 0.0885. The van der Waals surface area contributed by atoms with Crippen LogP contribution < -0.4 is 5.56 Å². The van der Waals surface area contributed by atoms with E-state index in [1.165, 1.54) is 4.88 Å². The van der Waals surface area contributed by atoms with Crippen molar-refractivity contribution in [3.05, 3.63) is 57.2 Å². The molecule has 0 atom stereocenters. The van der Waals surface area contributed by atoms with E-state index in [4.69, 9.17) is 4.98 Å². The third-order valence-electron chi connectivity index (χ3n) is 3.97. The summed E-state index contributed by atoms with van der Waals surface area (Å²) in [6.07, 6.45) is 7.45. The zero-order chi connectivity index (χ0) is 15.1. The van der Waals surface area contributed by atoms with E-state index in [-0.39, 0.29) is 5.56 Å². The van der Waals surface area contributed by atoms with E-state index in [1.807, 2.05) is 24.4 Å². The first-order valence-electron chi connectivity index (χ1n) is 7.40. The maximum absolute atomic E-state index is 12.6. The van der Waals surface area contributed by atoms with E-state index >= 15 is 0 Å². The summed E-state index contributed by atoms with van der Waals surface area (Å²) in [6, 6.07) is 5.92. The average Bonchev–Trinajstić information content (AvgIpc) is 3.14. The Morgan fingerprint density at radius 3 is 3.14 bits per heavy atom. The highest BCUT2D eigenvalue weighted by Gasteiger charge is 2.21. The molecule has 0 amide bonds. The second kappa shape index (κ2) is 5.18. The van der Waals surface area contributed by atoms with Crippen molar-refractivity contribution in [2.75, 3.05) is 0 Å². The van der Waals surface area contributed by atoms with Crippen molar-refractivity contribution in [3.8, 4) is 0 Å². The van der Waals surface area contributed by atoms with Crippen LogP contribution in [0.3, 0.4) is 0 Å². The van der Waals surface area contributed by atoms with Crippen molar-refractivity contribution in [2.45, 2.75) is 26.3 Å². The standard InChI is InChI=1S/C17H15N3OS/c1-2-13-9-14-16(22-13)19-15-12(5-7-20(15)17(14)21)8-11-4-3-6-18-10-11/h3-4,6,8-10H,2,5,7H2,1H3/b12-8-. The van der Waals surface area contributed by atoms with Crippen molar-refractivity contribution in [1.29, 1.82) is 0 Å². The van der Waals surface area contributed by atoms with Crippen LogP contribution in [0.15, 0.2) is 35.4 Å². The fraction of sp³-hybridized carbons (Fsp3) is 0.235. The Labute approximate surface area is 131 Å². The Morgan fingerprint density at radius 2 is 2.36 bits per heavy atom. The second-order valence-corrected chi connectivity index (χ2v) is 6.50. The number of fused-ring (bicyclic) bond motifs is 2. The van der Waals surface area contributed by atoms with Gasteiger partial charge in [0, 0.05) is 23.8 Å². The Balaban J connectivity index is 1.90. The SMILES string of the molecule is CCc1cc2c(=O)n3c(nc2s1)/C(=C\c1cccnc1)CC3. The molecule has 0 aromatic carbocycles. The van der Waals surface area contributed by atoms with Crippen molar-refractivity contribution in [3.63, 3.8) is 0 Å². The van der Waals surface area contributed by atoms with Crippen LogP contribution in [0.25, 0.3) is 21.9 Å². The molecule has 0 bridgehead atoms. The molecule has 3 aromatic rings. The maximum Gasteiger partial charge on any atom is 0.262 e. The number of thiophene rings is 1. The first-order chi connectivity index (χ1) is 10.8. The zero-order valence-corrected chi connectivity index (χ0v) is 13.1. The molecule has 3 aromatic heterocycles. The molecule has 0 spiro atoms. The first kappa shape index (κ1) is 13.4. The highest BCUT2D eigenvalue weighted by Crippen LogP contribution is 2.29. The highest BCUT2D eigenvalue weighted by molar-refractivity contribution is 7.18. The fourth-order valence-corrected chi connectivity index (χ4v) is 3.79. The van der Waals surface area contributed by atoms with Crippen LogP contribution in [0.2, 0.25) is 0 Å². The summed E-state index contributed by atoms with van der Waals surface area (Å²) in [7, 11) is 0. The van der Waals surface area contributed by atoms with Crippen LogP contribution >= 0.6 is 11.3 Å². The summed E-state index contributed by atoms with van der Waals surface area (Å²) < 4.78 is 1.80. The smallest absolute Gasteiger partial charge is 0.262 e. The normalized spacial score (nSPS) is 15.6. The molecule has 1 aliphatic heterocycles. The summed E-state index contributed by atoms with van der Waals surface area (Å²) in [5.74, 6) is 0.811. The van der Waals surface area contributed by atoms with Gasteiger partial charge in [-0.1, -0.05) is 13.0 Å². The number of hydrogen-bond donors (Lipinski definition) is 0. The molecule has 4 heterocycles. The molecular weight excluding hydrogens is 294 g/mol. The largest absolute Gasteiger partial charge is 0.292 e. The molecule has 1 aliphatic rings. The van der Waals surface area contributed by atoms with Crippen molar-refractivity contribution >= 4 is 33.2 Å². The molecule has 0 saturated heterocycles. The molecular formula is C17H15N3OS. The summed E-state index contributed by atoms with van der Waals surface area (Å²) in [5.41, 5.74) is 2.24. The number of nitrogens with zero attached hydrogens (tertiary/aromatic N) is 3. The molecule has 110 valence electrons. The number of pyridine rings is 1. The lowest BCUT2D eigenvalue weighted by Gasteiger charge is -2.02. The predicted molar refractivity (Wildman–Crippen MR) is 90.0 cm³/mol. The summed E-state index contributed by atoms with van der Waals surface area (Å²) >= 11 is 1.62. The number of hydrogen-bond acceptors (Lipinski definition) is 4. The molecule has 22 heavy (non-hydrogen) atoms. The topological polar surface area (TPSA) is 47.8 Å². The van der Waals surface area contributed by atoms with Crippen LogP contribution in [0.4, 0.5) is 0 Å². The maximum atomic E-state index is 12.6. The average molecular weight is 309 g/mol. The summed E-state index contributed by atoms with van der Waals surface area (Å²) in [4.78, 5) is 23.6. The first-order valence-corrected chi connectivity index (χ1v) is 8.22. The van der Waals surface area contributed by atoms with E-state index in [0.29, 0.717) is 6.54 Å². The highest BCUT2D eigenvalue weighted by atomic mass is 32.1. The Bertz CT molecular complexity index is 938. The van der Waals surface area contributed by atoms with Gasteiger partial charge in [0.25, 0.3) is 5.56 Å². The van der Waals surface area contributed by atoms with Crippen LogP contribution in [0, 0.1) is 0 Å². The lowest BCUT2D eigenvalue weighted by Crippen LogP contribution is -2.19. The molecule has 0 unspecified atom stereocenters. The molecule has 4 nitrogen and oxygen atoms in total. The van der Waals surface area contributed by atoms with Crippen LogP contribution in [0.5, 0.6) is 0 Å². The summed E-state index contributed by atoms with van der Waals surface area (Å²) in [6.45, 7) is 2.81. The Morgan fingerprint density at radius 1 is 1.45 bits per heavy atom. The zero-order valence-electron chi connectivity index (χ0n) is 12.2. The molecule has 0 fully saturated rings. The lowest BCUT2D eigenvalue weighted by atomic mass is 10.1. The molecule has 0 saturated carbocycles. The van der Waals surface area contributed by atoms with Gasteiger partial charge in [-0.2, -0.15) is 0 Å². The van der Waals surface area contributed by atoms with Crippen molar-refractivity contribution in [1.82, 2.24) is 14.5 Å². The number of rotatable bonds is 2. The van der Waals surface area contributed by atoms with E-state index in [1.54, 1.807) is 22.1 Å². The third-order valence-corrected chi connectivity index (χ3v) is 5.14. The Hall–Kier alpha value is -2.27. The fourth-order valence-electron chi connectivity index (χ4n) is 2.84.